The van der Waals surface area contributed by atoms with Crippen LogP contribution in [0, 0.1) is 11.8 Å². The number of nitrogens with zero attached hydrogens (tertiary/aromatic N) is 2. The maximum absolute atomic E-state index is 6.50. The van der Waals surface area contributed by atoms with Crippen molar-refractivity contribution in [2.75, 3.05) is 0 Å². The van der Waals surface area contributed by atoms with Crippen LogP contribution in [0.4, 0.5) is 0 Å². The summed E-state index contributed by atoms with van der Waals surface area (Å²) in [6.07, 6.45) is 1.59. The number of pyridine rings is 1. The Bertz CT molecular complexity index is 201. The van der Waals surface area contributed by atoms with Gasteiger partial charge in [0.15, 0.2) is 0 Å². The molecule has 0 saturated carbocycles. The highest BCUT2D eigenvalue weighted by Gasteiger charge is 1.91. The summed E-state index contributed by atoms with van der Waals surface area (Å²) in [6, 6.07) is 3.42. The molecule has 52 valence electrons. The average molecular weight is 175 g/mol. The van der Waals surface area contributed by atoms with Gasteiger partial charge in [0.1, 0.15) is 5.15 Å². The summed E-state index contributed by atoms with van der Waals surface area (Å²) in [5.41, 5.74) is 0. The van der Waals surface area contributed by atoms with Crippen molar-refractivity contribution >= 4 is 23.2 Å². The van der Waals surface area contributed by atoms with E-state index < -0.39 is 0 Å². The Balaban J connectivity index is 0.000000371. The van der Waals surface area contributed by atoms with E-state index in [1.54, 1.807) is 18.3 Å². The highest BCUT2D eigenvalue weighted by atomic mass is 35.5. The highest BCUT2D eigenvalue weighted by molar-refractivity contribution is 6.41. The maximum atomic E-state index is 6.50. The van der Waals surface area contributed by atoms with Crippen molar-refractivity contribution in [1.29, 1.82) is 5.26 Å². The number of hydrogen-bond acceptors (Lipinski definition) is 2. The zero-order chi connectivity index (χ0) is 7.98. The summed E-state index contributed by atoms with van der Waals surface area (Å²) in [5, 5.41) is 7.35. The van der Waals surface area contributed by atoms with E-state index in [0.717, 1.165) is 0 Å². The first-order valence-corrected chi connectivity index (χ1v) is 3.08. The van der Waals surface area contributed by atoms with Gasteiger partial charge < -0.3 is 0 Å². The third-order valence-corrected chi connectivity index (χ3v) is 1.42. The van der Waals surface area contributed by atoms with Crippen LogP contribution in [0.25, 0.3) is 0 Å². The second kappa shape index (κ2) is 5.04. The monoisotopic (exact) mass is 174 g/mol. The third kappa shape index (κ3) is 2.67. The van der Waals surface area contributed by atoms with Gasteiger partial charge in [-0.25, -0.2) is 10.2 Å². The lowest BCUT2D eigenvalue weighted by atomic mass is 10.5. The molecule has 0 atom stereocenters. The van der Waals surface area contributed by atoms with E-state index in [-0.39, 0.29) is 0 Å². The highest BCUT2D eigenvalue weighted by Crippen LogP contribution is 2.16. The van der Waals surface area contributed by atoms with Crippen LogP contribution in [0.5, 0.6) is 0 Å². The number of aromatic nitrogens is 1. The van der Waals surface area contributed by atoms with Crippen LogP contribution < -0.4 is 0 Å². The molecule has 0 fully saturated rings. The topological polar surface area (TPSA) is 36.7 Å². The van der Waals surface area contributed by atoms with Gasteiger partial charge >= 0.3 is 0 Å². The fourth-order valence-corrected chi connectivity index (χ4v) is 0.607. The van der Waals surface area contributed by atoms with Crippen molar-refractivity contribution < 1.29 is 0 Å². The van der Waals surface area contributed by atoms with Crippen molar-refractivity contribution in [3.05, 3.63) is 28.5 Å². The summed E-state index contributed by atoms with van der Waals surface area (Å²) in [5.74, 6) is 0. The van der Waals surface area contributed by atoms with Crippen molar-refractivity contribution in [3.8, 4) is 6.57 Å². The minimum atomic E-state index is 0.356. The lowest BCUT2D eigenvalue weighted by Crippen LogP contribution is -1.70. The molecule has 4 heteroatoms. The molecule has 10 heavy (non-hydrogen) atoms. The van der Waals surface area contributed by atoms with Gasteiger partial charge in [-0.05, 0) is 12.1 Å². The fourth-order valence-electron chi connectivity index (χ4n) is 0.366. The van der Waals surface area contributed by atoms with Gasteiger partial charge in [0.25, 0.3) is 0 Å². The molecule has 0 aliphatic rings. The van der Waals surface area contributed by atoms with Crippen LogP contribution in [0.1, 0.15) is 0 Å². The fraction of sp³-hybridized carbons (Fsp3) is 0. The van der Waals surface area contributed by atoms with Gasteiger partial charge in [-0.3, -0.25) is 0 Å². The zero-order valence-corrected chi connectivity index (χ0v) is 6.47. The van der Waals surface area contributed by atoms with Gasteiger partial charge in [-0.1, -0.05) is 23.2 Å². The molecule has 2 nitrogen and oxygen atoms in total. The Morgan fingerprint density at radius 3 is 2.30 bits per heavy atom. The van der Waals surface area contributed by atoms with E-state index in [4.69, 9.17) is 28.5 Å². The third-order valence-electron chi connectivity index (χ3n) is 0.714. The number of hydrogen-bond donors (Lipinski definition) is 0. The molecule has 0 aliphatic carbocycles. The summed E-state index contributed by atoms with van der Waals surface area (Å²) in [4.78, 5) is 3.71. The van der Waals surface area contributed by atoms with Crippen molar-refractivity contribution in [3.63, 3.8) is 0 Å². The summed E-state index contributed by atoms with van der Waals surface area (Å²) < 4.78 is 0. The van der Waals surface area contributed by atoms with Crippen LogP contribution in [0.3, 0.4) is 0 Å². The van der Waals surface area contributed by atoms with E-state index >= 15 is 0 Å². The Kier molecular flexibility index (Phi) is 4.65. The molecule has 0 unspecified atom stereocenters. The lowest BCUT2D eigenvalue weighted by molar-refractivity contribution is 1.33. The first-order chi connectivity index (χ1) is 4.80. The Morgan fingerprint density at radius 1 is 1.40 bits per heavy atom. The average Bonchev–Trinajstić information content (AvgIpc) is 2.00. The van der Waals surface area contributed by atoms with Gasteiger partial charge in [0.05, 0.1) is 5.02 Å². The van der Waals surface area contributed by atoms with Gasteiger partial charge in [-0.2, -0.15) is 0 Å². The van der Waals surface area contributed by atoms with Crippen molar-refractivity contribution in [1.82, 2.24) is 4.98 Å². The van der Waals surface area contributed by atoms with Crippen molar-refractivity contribution in [2.45, 2.75) is 0 Å². The molecule has 0 spiro atoms. The van der Waals surface area contributed by atoms with Gasteiger partial charge in [-0.15, -0.1) is 0 Å². The minimum Gasteiger partial charge on any atom is -0.243 e. The van der Waals surface area contributed by atoms with E-state index in [1.165, 1.54) is 0 Å². The molecular weight excluding hydrogens is 171 g/mol. The minimum absolute atomic E-state index is 0.356. The molecule has 0 bridgehead atoms. The molecule has 0 N–H and O–H groups in total. The number of rotatable bonds is 0. The number of nitriles is 1. The molecule has 1 heterocycles. The van der Waals surface area contributed by atoms with E-state index in [9.17, 15) is 0 Å². The predicted molar refractivity (Wildman–Crippen MR) is 40.9 cm³/mol. The van der Waals surface area contributed by atoms with Crippen LogP contribution >= 0.6 is 23.2 Å². The molecule has 0 saturated heterocycles. The molecule has 0 aliphatic heterocycles. The molecule has 0 amide bonds. The Morgan fingerprint density at radius 2 is 2.00 bits per heavy atom. The molecular formula is C6H4Cl2N2. The summed E-state index contributed by atoms with van der Waals surface area (Å²) >= 11 is 11.0. The smallest absolute Gasteiger partial charge is 0.147 e. The summed E-state index contributed by atoms with van der Waals surface area (Å²) in [7, 11) is 0. The van der Waals surface area contributed by atoms with Crippen LogP contribution in [-0.2, 0) is 0 Å². The quantitative estimate of drug-likeness (QED) is 0.568. The first kappa shape index (κ1) is 9.22. The largest absolute Gasteiger partial charge is 0.243 e. The van der Waals surface area contributed by atoms with Crippen LogP contribution in [-0.4, -0.2) is 4.98 Å². The lowest BCUT2D eigenvalue weighted by Gasteiger charge is -1.87. The number of halogens is 2. The zero-order valence-electron chi connectivity index (χ0n) is 4.96. The van der Waals surface area contributed by atoms with Crippen LogP contribution in [0.2, 0.25) is 10.2 Å². The standard InChI is InChI=1S/C5H3Cl2N.CHN/c6-4-2-1-3-8-5(4)7;1-2/h1-3H;1H. The van der Waals surface area contributed by atoms with E-state index in [1.807, 2.05) is 0 Å². The molecule has 1 aromatic heterocycles. The van der Waals surface area contributed by atoms with Crippen LogP contribution in [0.15, 0.2) is 18.3 Å². The SMILES string of the molecule is C#N.Clc1cccnc1Cl. The van der Waals surface area contributed by atoms with Gasteiger partial charge in [0, 0.05) is 12.8 Å². The Hall–Kier alpha value is -0.780. The normalized spacial score (nSPS) is 7.60. The van der Waals surface area contributed by atoms with Crippen molar-refractivity contribution in [2.24, 2.45) is 0 Å². The first-order valence-electron chi connectivity index (χ1n) is 2.32. The Labute approximate surface area is 69.0 Å². The summed E-state index contributed by atoms with van der Waals surface area (Å²) in [6.45, 7) is 3.50. The second-order valence-electron chi connectivity index (χ2n) is 1.28. The van der Waals surface area contributed by atoms with E-state index in [2.05, 4.69) is 11.6 Å². The molecule has 0 aromatic carbocycles. The second-order valence-corrected chi connectivity index (χ2v) is 2.04. The molecule has 1 aromatic rings. The van der Waals surface area contributed by atoms with E-state index in [0.29, 0.717) is 10.2 Å². The van der Waals surface area contributed by atoms with Gasteiger partial charge in [0.2, 0.25) is 0 Å². The maximum Gasteiger partial charge on any atom is 0.147 e. The molecule has 1 rings (SSSR count). The predicted octanol–water partition coefficient (Wildman–Crippen LogP) is 2.53. The molecule has 0 radical (unpaired) electrons.